The fraction of sp³-hybridized carbons (Fsp3) is 0.550. The van der Waals surface area contributed by atoms with Crippen LogP contribution in [-0.4, -0.2) is 53.1 Å². The lowest BCUT2D eigenvalue weighted by Crippen LogP contribution is -2.41. The number of aryl methyl sites for hydroxylation is 3. The van der Waals surface area contributed by atoms with Crippen molar-refractivity contribution < 1.29 is 9.53 Å². The van der Waals surface area contributed by atoms with E-state index >= 15 is 0 Å². The van der Waals surface area contributed by atoms with Crippen LogP contribution in [-0.2, 0) is 17.8 Å². The maximum atomic E-state index is 12.0. The summed E-state index contributed by atoms with van der Waals surface area (Å²) in [7, 11) is 0. The van der Waals surface area contributed by atoms with Gasteiger partial charge in [-0.05, 0) is 44.9 Å². The molecule has 2 amide bonds. The molecule has 2 aromatic rings. The standard InChI is InChI=1S/C20H30N6O2/c1-15-11-16(2)26(24-15)8-4-7-21-20(27)23-13-18-5-6-19(22-12-18)25-9-10-28-17(3)14-25/h5-6,11-12,17H,4,7-10,13-14H2,1-3H3,(H2,21,23,27). The van der Waals surface area contributed by atoms with Gasteiger partial charge >= 0.3 is 6.03 Å². The first-order valence-electron chi connectivity index (χ1n) is 9.85. The Kier molecular flexibility index (Phi) is 6.86. The second-order valence-electron chi connectivity index (χ2n) is 7.27. The number of hydrogen-bond acceptors (Lipinski definition) is 5. The third-order valence-corrected chi connectivity index (χ3v) is 4.76. The number of hydrogen-bond donors (Lipinski definition) is 2. The van der Waals surface area contributed by atoms with Crippen LogP contribution in [0.2, 0.25) is 0 Å². The van der Waals surface area contributed by atoms with Crippen molar-refractivity contribution in [1.29, 1.82) is 0 Å². The Balaban J connectivity index is 1.35. The summed E-state index contributed by atoms with van der Waals surface area (Å²) in [6.07, 6.45) is 2.88. The van der Waals surface area contributed by atoms with Crippen molar-refractivity contribution in [1.82, 2.24) is 25.4 Å². The van der Waals surface area contributed by atoms with Crippen molar-refractivity contribution in [3.63, 3.8) is 0 Å². The highest BCUT2D eigenvalue weighted by Gasteiger charge is 2.17. The Morgan fingerprint density at radius 1 is 1.32 bits per heavy atom. The van der Waals surface area contributed by atoms with Gasteiger partial charge in [0.05, 0.1) is 18.4 Å². The predicted molar refractivity (Wildman–Crippen MR) is 108 cm³/mol. The van der Waals surface area contributed by atoms with E-state index in [4.69, 9.17) is 4.74 Å². The molecule has 1 aliphatic heterocycles. The Labute approximate surface area is 166 Å². The van der Waals surface area contributed by atoms with Crippen molar-refractivity contribution in [3.05, 3.63) is 41.3 Å². The maximum absolute atomic E-state index is 12.0. The second kappa shape index (κ2) is 9.54. The SMILES string of the molecule is Cc1cc(C)n(CCCNC(=O)NCc2ccc(N3CCOC(C)C3)nc2)n1. The van der Waals surface area contributed by atoms with Crippen molar-refractivity contribution in [2.75, 3.05) is 31.1 Å². The number of nitrogens with zero attached hydrogens (tertiary/aromatic N) is 4. The molecule has 0 spiro atoms. The molecular weight excluding hydrogens is 356 g/mol. The summed E-state index contributed by atoms with van der Waals surface area (Å²) >= 11 is 0. The lowest BCUT2D eigenvalue weighted by atomic mass is 10.2. The molecule has 1 atom stereocenters. The summed E-state index contributed by atoms with van der Waals surface area (Å²) in [5.74, 6) is 0.951. The molecule has 2 N–H and O–H groups in total. The molecule has 8 heteroatoms. The van der Waals surface area contributed by atoms with Gasteiger partial charge in [-0.25, -0.2) is 9.78 Å². The first-order chi connectivity index (χ1) is 13.5. The molecule has 0 saturated carbocycles. The van der Waals surface area contributed by atoms with E-state index < -0.39 is 0 Å². The number of nitrogens with one attached hydrogen (secondary N) is 2. The average Bonchev–Trinajstić information content (AvgIpc) is 3.01. The Hall–Kier alpha value is -2.61. The molecule has 3 rings (SSSR count). The smallest absolute Gasteiger partial charge is 0.315 e. The highest BCUT2D eigenvalue weighted by atomic mass is 16.5. The number of ether oxygens (including phenoxy) is 1. The number of pyridine rings is 1. The van der Waals surface area contributed by atoms with Crippen LogP contribution in [0.15, 0.2) is 24.4 Å². The molecule has 0 bridgehead atoms. The molecule has 1 unspecified atom stereocenters. The van der Waals surface area contributed by atoms with Crippen molar-refractivity contribution in [3.8, 4) is 0 Å². The van der Waals surface area contributed by atoms with E-state index in [1.54, 1.807) is 0 Å². The average molecular weight is 387 g/mol. The van der Waals surface area contributed by atoms with Gasteiger partial charge in [0, 0.05) is 44.6 Å². The van der Waals surface area contributed by atoms with Crippen LogP contribution < -0.4 is 15.5 Å². The number of carbonyl (C=O) groups excluding carboxylic acids is 1. The zero-order valence-corrected chi connectivity index (χ0v) is 16.9. The lowest BCUT2D eigenvalue weighted by Gasteiger charge is -2.32. The van der Waals surface area contributed by atoms with Crippen LogP contribution in [0.5, 0.6) is 0 Å². The van der Waals surface area contributed by atoms with Crippen LogP contribution in [0.3, 0.4) is 0 Å². The first-order valence-corrected chi connectivity index (χ1v) is 9.85. The van der Waals surface area contributed by atoms with E-state index in [0.717, 1.165) is 55.4 Å². The van der Waals surface area contributed by atoms with Crippen LogP contribution in [0.25, 0.3) is 0 Å². The van der Waals surface area contributed by atoms with E-state index in [2.05, 4.69) is 38.6 Å². The predicted octanol–water partition coefficient (Wildman–Crippen LogP) is 2.01. The lowest BCUT2D eigenvalue weighted by molar-refractivity contribution is 0.0529. The highest BCUT2D eigenvalue weighted by Crippen LogP contribution is 2.15. The quantitative estimate of drug-likeness (QED) is 0.711. The van der Waals surface area contributed by atoms with E-state index in [-0.39, 0.29) is 12.1 Å². The van der Waals surface area contributed by atoms with Crippen LogP contribution in [0.1, 0.15) is 30.3 Å². The van der Waals surface area contributed by atoms with Gasteiger partial charge in [0.15, 0.2) is 0 Å². The molecule has 0 aromatic carbocycles. The van der Waals surface area contributed by atoms with E-state index in [9.17, 15) is 4.79 Å². The number of morpholine rings is 1. The molecule has 28 heavy (non-hydrogen) atoms. The minimum absolute atomic E-state index is 0.167. The number of anilines is 1. The summed E-state index contributed by atoms with van der Waals surface area (Å²) in [5, 5.41) is 10.2. The summed E-state index contributed by atoms with van der Waals surface area (Å²) < 4.78 is 7.53. The topological polar surface area (TPSA) is 84.3 Å². The fourth-order valence-electron chi connectivity index (χ4n) is 3.31. The van der Waals surface area contributed by atoms with Crippen molar-refractivity contribution in [2.45, 2.75) is 46.4 Å². The molecular formula is C20H30N6O2. The molecule has 1 saturated heterocycles. The molecule has 1 aliphatic rings. The molecule has 8 nitrogen and oxygen atoms in total. The monoisotopic (exact) mass is 386 g/mol. The van der Waals surface area contributed by atoms with Gasteiger partial charge in [-0.2, -0.15) is 5.10 Å². The number of aromatic nitrogens is 3. The zero-order valence-electron chi connectivity index (χ0n) is 16.9. The van der Waals surface area contributed by atoms with E-state index in [1.165, 1.54) is 0 Å². The zero-order chi connectivity index (χ0) is 19.9. The molecule has 3 heterocycles. The number of carbonyl (C=O) groups is 1. The number of rotatable bonds is 7. The molecule has 0 radical (unpaired) electrons. The molecule has 0 aliphatic carbocycles. The summed E-state index contributed by atoms with van der Waals surface area (Å²) in [6, 6.07) is 5.89. The maximum Gasteiger partial charge on any atom is 0.315 e. The molecule has 152 valence electrons. The summed E-state index contributed by atoms with van der Waals surface area (Å²) in [4.78, 5) is 18.7. The van der Waals surface area contributed by atoms with Gasteiger partial charge in [-0.3, -0.25) is 4.68 Å². The minimum Gasteiger partial charge on any atom is -0.375 e. The summed E-state index contributed by atoms with van der Waals surface area (Å²) in [5.41, 5.74) is 3.14. The van der Waals surface area contributed by atoms with Gasteiger partial charge in [0.25, 0.3) is 0 Å². The van der Waals surface area contributed by atoms with Crippen LogP contribution in [0, 0.1) is 13.8 Å². The minimum atomic E-state index is -0.167. The largest absolute Gasteiger partial charge is 0.375 e. The normalized spacial score (nSPS) is 16.8. The summed E-state index contributed by atoms with van der Waals surface area (Å²) in [6.45, 7) is 10.4. The molecule has 2 aromatic heterocycles. The Bertz CT molecular complexity index is 774. The van der Waals surface area contributed by atoms with Gasteiger partial charge in [-0.1, -0.05) is 6.07 Å². The fourth-order valence-corrected chi connectivity index (χ4v) is 3.31. The third-order valence-electron chi connectivity index (χ3n) is 4.76. The van der Waals surface area contributed by atoms with Crippen LogP contribution >= 0.6 is 0 Å². The Morgan fingerprint density at radius 2 is 2.18 bits per heavy atom. The van der Waals surface area contributed by atoms with Gasteiger partial charge in [-0.15, -0.1) is 0 Å². The third kappa shape index (κ3) is 5.69. The van der Waals surface area contributed by atoms with E-state index in [1.807, 2.05) is 36.9 Å². The van der Waals surface area contributed by atoms with Gasteiger partial charge in [0.2, 0.25) is 0 Å². The van der Waals surface area contributed by atoms with Gasteiger partial charge in [0.1, 0.15) is 5.82 Å². The Morgan fingerprint density at radius 3 is 2.86 bits per heavy atom. The molecule has 1 fully saturated rings. The van der Waals surface area contributed by atoms with Crippen molar-refractivity contribution >= 4 is 11.8 Å². The number of amides is 2. The van der Waals surface area contributed by atoms with Crippen molar-refractivity contribution in [2.24, 2.45) is 0 Å². The highest BCUT2D eigenvalue weighted by molar-refractivity contribution is 5.73. The first kappa shape index (κ1) is 20.1. The second-order valence-corrected chi connectivity index (χ2v) is 7.27. The van der Waals surface area contributed by atoms with Crippen LogP contribution in [0.4, 0.5) is 10.6 Å². The van der Waals surface area contributed by atoms with E-state index in [0.29, 0.717) is 13.1 Å². The van der Waals surface area contributed by atoms with Gasteiger partial charge < -0.3 is 20.3 Å². The number of urea groups is 1.